The van der Waals surface area contributed by atoms with E-state index in [-0.39, 0.29) is 5.91 Å². The SMILES string of the molecule is COc1ccccc1NC(=O)c1cccc(C)c1Br. The number of carbonyl (C=O) groups is 1. The van der Waals surface area contributed by atoms with Crippen molar-refractivity contribution in [3.05, 3.63) is 58.1 Å². The number of anilines is 1. The highest BCUT2D eigenvalue weighted by atomic mass is 79.9. The fourth-order valence-corrected chi connectivity index (χ4v) is 2.20. The normalized spacial score (nSPS) is 10.1. The maximum absolute atomic E-state index is 12.3. The zero-order chi connectivity index (χ0) is 13.8. The Morgan fingerprint density at radius 1 is 1.16 bits per heavy atom. The second kappa shape index (κ2) is 5.89. The van der Waals surface area contributed by atoms with Crippen molar-refractivity contribution in [3.8, 4) is 5.75 Å². The molecule has 0 spiro atoms. The number of hydrogen-bond acceptors (Lipinski definition) is 2. The number of halogens is 1. The van der Waals surface area contributed by atoms with Crippen LogP contribution in [0.2, 0.25) is 0 Å². The minimum absolute atomic E-state index is 0.167. The van der Waals surface area contributed by atoms with Gasteiger partial charge >= 0.3 is 0 Å². The third-order valence-electron chi connectivity index (χ3n) is 2.79. The molecule has 1 N–H and O–H groups in total. The van der Waals surface area contributed by atoms with Crippen molar-refractivity contribution in [2.75, 3.05) is 12.4 Å². The van der Waals surface area contributed by atoms with Crippen molar-refractivity contribution >= 4 is 27.5 Å². The molecule has 1 amide bonds. The first-order valence-electron chi connectivity index (χ1n) is 5.83. The van der Waals surface area contributed by atoms with Crippen LogP contribution in [0.5, 0.6) is 5.75 Å². The predicted molar refractivity (Wildman–Crippen MR) is 79.8 cm³/mol. The van der Waals surface area contributed by atoms with E-state index in [4.69, 9.17) is 4.74 Å². The van der Waals surface area contributed by atoms with Crippen LogP contribution in [-0.4, -0.2) is 13.0 Å². The summed E-state index contributed by atoms with van der Waals surface area (Å²) in [5.41, 5.74) is 2.28. The number of hydrogen-bond donors (Lipinski definition) is 1. The van der Waals surface area contributed by atoms with E-state index in [1.54, 1.807) is 25.3 Å². The Morgan fingerprint density at radius 3 is 2.63 bits per heavy atom. The molecule has 0 heterocycles. The van der Waals surface area contributed by atoms with E-state index in [1.807, 2.05) is 31.2 Å². The second-order valence-electron chi connectivity index (χ2n) is 4.09. The number of para-hydroxylation sites is 2. The molecule has 0 unspecified atom stereocenters. The van der Waals surface area contributed by atoms with Gasteiger partial charge in [0.1, 0.15) is 5.75 Å². The van der Waals surface area contributed by atoms with Crippen molar-refractivity contribution in [3.63, 3.8) is 0 Å². The average molecular weight is 320 g/mol. The van der Waals surface area contributed by atoms with Crippen molar-refractivity contribution in [1.82, 2.24) is 0 Å². The van der Waals surface area contributed by atoms with Crippen molar-refractivity contribution in [2.45, 2.75) is 6.92 Å². The van der Waals surface area contributed by atoms with Crippen LogP contribution in [0.3, 0.4) is 0 Å². The van der Waals surface area contributed by atoms with Crippen LogP contribution in [0, 0.1) is 6.92 Å². The Hall–Kier alpha value is -1.81. The van der Waals surface area contributed by atoms with Gasteiger partial charge in [-0.3, -0.25) is 4.79 Å². The second-order valence-corrected chi connectivity index (χ2v) is 4.88. The van der Waals surface area contributed by atoms with Crippen LogP contribution in [0.15, 0.2) is 46.9 Å². The van der Waals surface area contributed by atoms with E-state index < -0.39 is 0 Å². The summed E-state index contributed by atoms with van der Waals surface area (Å²) in [4.78, 5) is 12.3. The van der Waals surface area contributed by atoms with E-state index in [2.05, 4.69) is 21.2 Å². The molecule has 3 nitrogen and oxygen atoms in total. The fourth-order valence-electron chi connectivity index (χ4n) is 1.76. The highest BCUT2D eigenvalue weighted by Crippen LogP contribution is 2.26. The molecular weight excluding hydrogens is 306 g/mol. The smallest absolute Gasteiger partial charge is 0.256 e. The summed E-state index contributed by atoms with van der Waals surface area (Å²) in [6.07, 6.45) is 0. The van der Waals surface area contributed by atoms with Gasteiger partial charge in [-0.25, -0.2) is 0 Å². The summed E-state index contributed by atoms with van der Waals surface area (Å²) in [7, 11) is 1.58. The summed E-state index contributed by atoms with van der Waals surface area (Å²) in [6.45, 7) is 1.95. The standard InChI is InChI=1S/C15H14BrNO2/c1-10-6-5-7-11(14(10)16)15(18)17-12-8-3-4-9-13(12)19-2/h3-9H,1-2H3,(H,17,18). The summed E-state index contributed by atoms with van der Waals surface area (Å²) in [5.74, 6) is 0.472. The van der Waals surface area contributed by atoms with E-state index >= 15 is 0 Å². The Bertz CT molecular complexity index is 611. The van der Waals surface area contributed by atoms with E-state index in [0.29, 0.717) is 17.0 Å². The summed E-state index contributed by atoms with van der Waals surface area (Å²) < 4.78 is 6.02. The van der Waals surface area contributed by atoms with Gasteiger partial charge in [0.25, 0.3) is 5.91 Å². The Balaban J connectivity index is 2.28. The minimum Gasteiger partial charge on any atom is -0.495 e. The Morgan fingerprint density at radius 2 is 1.89 bits per heavy atom. The molecule has 2 rings (SSSR count). The number of benzene rings is 2. The number of ether oxygens (including phenoxy) is 1. The van der Waals surface area contributed by atoms with Crippen LogP contribution < -0.4 is 10.1 Å². The highest BCUT2D eigenvalue weighted by molar-refractivity contribution is 9.10. The van der Waals surface area contributed by atoms with Crippen molar-refractivity contribution in [2.24, 2.45) is 0 Å². The molecule has 0 aromatic heterocycles. The van der Waals surface area contributed by atoms with Gasteiger partial charge < -0.3 is 10.1 Å². The summed E-state index contributed by atoms with van der Waals surface area (Å²) >= 11 is 3.44. The topological polar surface area (TPSA) is 38.3 Å². The van der Waals surface area contributed by atoms with E-state index in [9.17, 15) is 4.79 Å². The van der Waals surface area contributed by atoms with Crippen LogP contribution in [0.1, 0.15) is 15.9 Å². The number of nitrogens with one attached hydrogen (secondary N) is 1. The van der Waals surface area contributed by atoms with Gasteiger partial charge in [-0.15, -0.1) is 0 Å². The third-order valence-corrected chi connectivity index (χ3v) is 3.84. The summed E-state index contributed by atoms with van der Waals surface area (Å²) in [5, 5.41) is 2.85. The fraction of sp³-hybridized carbons (Fsp3) is 0.133. The first-order chi connectivity index (χ1) is 9.13. The molecule has 0 radical (unpaired) electrons. The van der Waals surface area contributed by atoms with Crippen LogP contribution >= 0.6 is 15.9 Å². The first-order valence-corrected chi connectivity index (χ1v) is 6.62. The quantitative estimate of drug-likeness (QED) is 0.928. The molecular formula is C15H14BrNO2. The van der Waals surface area contributed by atoms with Gasteiger partial charge in [0.05, 0.1) is 18.4 Å². The van der Waals surface area contributed by atoms with Gasteiger partial charge in [-0.1, -0.05) is 24.3 Å². The van der Waals surface area contributed by atoms with Gasteiger partial charge in [-0.05, 0) is 46.6 Å². The lowest BCUT2D eigenvalue weighted by molar-refractivity contribution is 0.102. The van der Waals surface area contributed by atoms with Gasteiger partial charge in [-0.2, -0.15) is 0 Å². The van der Waals surface area contributed by atoms with Crippen molar-refractivity contribution in [1.29, 1.82) is 0 Å². The third kappa shape index (κ3) is 2.96. The molecule has 0 aliphatic heterocycles. The lowest BCUT2D eigenvalue weighted by atomic mass is 10.1. The number of methoxy groups -OCH3 is 1. The highest BCUT2D eigenvalue weighted by Gasteiger charge is 2.13. The summed E-state index contributed by atoms with van der Waals surface area (Å²) in [6, 6.07) is 12.9. The largest absolute Gasteiger partial charge is 0.495 e. The molecule has 98 valence electrons. The molecule has 0 aliphatic carbocycles. The molecule has 2 aromatic rings. The Labute approximate surface area is 120 Å². The number of carbonyl (C=O) groups excluding carboxylic acids is 1. The zero-order valence-corrected chi connectivity index (χ0v) is 12.3. The van der Waals surface area contributed by atoms with Crippen molar-refractivity contribution < 1.29 is 9.53 Å². The molecule has 19 heavy (non-hydrogen) atoms. The Kier molecular flexibility index (Phi) is 4.22. The van der Waals surface area contributed by atoms with Gasteiger partial charge in [0, 0.05) is 4.47 Å². The molecule has 0 bridgehead atoms. The maximum Gasteiger partial charge on any atom is 0.256 e. The van der Waals surface area contributed by atoms with E-state index in [0.717, 1.165) is 10.0 Å². The number of rotatable bonds is 3. The molecule has 0 fully saturated rings. The van der Waals surface area contributed by atoms with Gasteiger partial charge in [0.2, 0.25) is 0 Å². The van der Waals surface area contributed by atoms with E-state index in [1.165, 1.54) is 0 Å². The van der Waals surface area contributed by atoms with Crippen LogP contribution in [0.4, 0.5) is 5.69 Å². The zero-order valence-electron chi connectivity index (χ0n) is 10.7. The molecule has 0 atom stereocenters. The molecule has 4 heteroatoms. The van der Waals surface area contributed by atoms with Crippen LogP contribution in [-0.2, 0) is 0 Å². The number of amides is 1. The first kappa shape index (κ1) is 13.6. The van der Waals surface area contributed by atoms with Gasteiger partial charge in [0.15, 0.2) is 0 Å². The monoisotopic (exact) mass is 319 g/mol. The predicted octanol–water partition coefficient (Wildman–Crippen LogP) is 4.02. The number of aryl methyl sites for hydroxylation is 1. The minimum atomic E-state index is -0.167. The maximum atomic E-state index is 12.3. The molecule has 0 aliphatic rings. The molecule has 0 saturated heterocycles. The lowest BCUT2D eigenvalue weighted by Crippen LogP contribution is -2.13. The van der Waals surface area contributed by atoms with Crippen LogP contribution in [0.25, 0.3) is 0 Å². The molecule has 0 saturated carbocycles. The average Bonchev–Trinajstić information content (AvgIpc) is 2.42. The molecule has 2 aromatic carbocycles. The lowest BCUT2D eigenvalue weighted by Gasteiger charge is -2.11.